The Morgan fingerprint density at radius 2 is 2.09 bits per heavy atom. The van der Waals surface area contributed by atoms with E-state index in [0.717, 1.165) is 34.8 Å². The average Bonchev–Trinajstić information content (AvgIpc) is 2.98. The molecule has 0 amide bonds. The van der Waals surface area contributed by atoms with Crippen LogP contribution in [0.25, 0.3) is 10.4 Å². The lowest BCUT2D eigenvalue weighted by atomic mass is 9.93. The summed E-state index contributed by atoms with van der Waals surface area (Å²) in [5.74, 6) is -0.918. The second kappa shape index (κ2) is 7.04. The number of carbonyl (C=O) groups is 1. The lowest BCUT2D eigenvalue weighted by Crippen LogP contribution is -2.43. The number of hydrogen-bond donors (Lipinski definition) is 1. The van der Waals surface area contributed by atoms with E-state index in [4.69, 9.17) is 11.6 Å². The van der Waals surface area contributed by atoms with Crippen molar-refractivity contribution in [2.24, 2.45) is 5.92 Å². The molecule has 0 radical (unpaired) electrons. The number of carboxylic acids is 1. The molecule has 3 nitrogen and oxygen atoms in total. The topological polar surface area (TPSA) is 40.5 Å². The molecular weight excluding hydrogens is 330 g/mol. The third kappa shape index (κ3) is 3.77. The van der Waals surface area contributed by atoms with Crippen LogP contribution in [0.15, 0.2) is 36.4 Å². The van der Waals surface area contributed by atoms with Gasteiger partial charge in [-0.05, 0) is 38.0 Å². The normalized spacial score (nSPS) is 22.2. The molecule has 2 aromatic rings. The molecule has 1 aromatic carbocycles. The number of nitrogens with zero attached hydrogens (tertiary/aromatic N) is 1. The van der Waals surface area contributed by atoms with E-state index < -0.39 is 5.97 Å². The van der Waals surface area contributed by atoms with Gasteiger partial charge in [-0.1, -0.05) is 29.8 Å². The van der Waals surface area contributed by atoms with Crippen LogP contribution in [-0.2, 0) is 11.3 Å². The van der Waals surface area contributed by atoms with E-state index >= 15 is 0 Å². The van der Waals surface area contributed by atoms with Crippen molar-refractivity contribution in [2.45, 2.75) is 32.4 Å². The number of thiophene rings is 1. The predicted molar refractivity (Wildman–Crippen MR) is 95.0 cm³/mol. The van der Waals surface area contributed by atoms with E-state index in [-0.39, 0.29) is 5.92 Å². The van der Waals surface area contributed by atoms with Gasteiger partial charge < -0.3 is 5.11 Å². The molecule has 0 saturated carbocycles. The summed E-state index contributed by atoms with van der Waals surface area (Å²) in [5, 5.41) is 10.0. The lowest BCUT2D eigenvalue weighted by Gasteiger charge is -2.36. The van der Waals surface area contributed by atoms with Crippen LogP contribution in [-0.4, -0.2) is 28.6 Å². The first-order valence-electron chi connectivity index (χ1n) is 7.85. The summed E-state index contributed by atoms with van der Waals surface area (Å²) in [6, 6.07) is 12.5. The molecule has 2 unspecified atom stereocenters. The summed E-state index contributed by atoms with van der Waals surface area (Å²) in [4.78, 5) is 15.9. The summed E-state index contributed by atoms with van der Waals surface area (Å²) in [5.41, 5.74) is 1.06. The Bertz CT molecular complexity index is 700. The SMILES string of the molecule is CC1CCC(C(=O)O)CN1Cc1ccc(-c2ccccc2Cl)s1. The maximum absolute atomic E-state index is 11.2. The third-order valence-corrected chi connectivity index (χ3v) is 5.95. The standard InChI is InChI=1S/C18H20ClNO2S/c1-12-6-7-13(18(21)22)10-20(12)11-14-8-9-17(23-14)15-4-2-3-5-16(15)19/h2-5,8-9,12-13H,6-7,10-11H2,1H3,(H,21,22). The number of likely N-dealkylation sites (tertiary alicyclic amines) is 1. The minimum Gasteiger partial charge on any atom is -0.481 e. The van der Waals surface area contributed by atoms with Gasteiger partial charge in [-0.25, -0.2) is 0 Å². The molecule has 1 aromatic heterocycles. The van der Waals surface area contributed by atoms with Gasteiger partial charge in [-0.2, -0.15) is 0 Å². The van der Waals surface area contributed by atoms with E-state index in [9.17, 15) is 9.90 Å². The fourth-order valence-corrected chi connectivity index (χ4v) is 4.44. The Labute approximate surface area is 145 Å². The van der Waals surface area contributed by atoms with Crippen LogP contribution in [0.1, 0.15) is 24.6 Å². The second-order valence-electron chi connectivity index (χ2n) is 6.14. The molecular formula is C18H20ClNO2S. The van der Waals surface area contributed by atoms with Gasteiger partial charge in [0.15, 0.2) is 0 Å². The van der Waals surface area contributed by atoms with Gasteiger partial charge in [0.05, 0.1) is 5.92 Å². The first-order valence-corrected chi connectivity index (χ1v) is 9.04. The number of benzene rings is 1. The number of piperidine rings is 1. The zero-order chi connectivity index (χ0) is 16.4. The molecule has 1 aliphatic rings. The Kier molecular flexibility index (Phi) is 5.05. The van der Waals surface area contributed by atoms with Crippen LogP contribution in [0.5, 0.6) is 0 Å². The highest BCUT2D eigenvalue weighted by atomic mass is 35.5. The Hall–Kier alpha value is -1.36. The molecule has 0 aliphatic carbocycles. The molecule has 0 bridgehead atoms. The average molecular weight is 350 g/mol. The van der Waals surface area contributed by atoms with Crippen LogP contribution < -0.4 is 0 Å². The highest BCUT2D eigenvalue weighted by Gasteiger charge is 2.29. The summed E-state index contributed by atoms with van der Waals surface area (Å²) < 4.78 is 0. The van der Waals surface area contributed by atoms with E-state index in [1.54, 1.807) is 11.3 Å². The van der Waals surface area contributed by atoms with Gasteiger partial charge in [-0.3, -0.25) is 9.69 Å². The molecule has 3 rings (SSSR count). The van der Waals surface area contributed by atoms with E-state index in [0.29, 0.717) is 12.6 Å². The highest BCUT2D eigenvalue weighted by molar-refractivity contribution is 7.15. The lowest BCUT2D eigenvalue weighted by molar-refractivity contribution is -0.144. The molecule has 2 atom stereocenters. The second-order valence-corrected chi connectivity index (χ2v) is 7.71. The highest BCUT2D eigenvalue weighted by Crippen LogP contribution is 2.34. The zero-order valence-electron chi connectivity index (χ0n) is 13.0. The minimum atomic E-state index is -0.676. The van der Waals surface area contributed by atoms with Gasteiger partial charge in [0.1, 0.15) is 0 Å². The van der Waals surface area contributed by atoms with Crippen molar-refractivity contribution in [3.63, 3.8) is 0 Å². The smallest absolute Gasteiger partial charge is 0.307 e. The number of carboxylic acid groups (broad SMARTS) is 1. The fraction of sp³-hybridized carbons (Fsp3) is 0.389. The molecule has 23 heavy (non-hydrogen) atoms. The van der Waals surface area contributed by atoms with Crippen molar-refractivity contribution < 1.29 is 9.90 Å². The fourth-order valence-electron chi connectivity index (χ4n) is 3.07. The van der Waals surface area contributed by atoms with Crippen molar-refractivity contribution in [3.8, 4) is 10.4 Å². The maximum Gasteiger partial charge on any atom is 0.307 e. The molecule has 1 aliphatic heterocycles. The first kappa shape index (κ1) is 16.5. The van der Waals surface area contributed by atoms with Gasteiger partial charge in [-0.15, -0.1) is 11.3 Å². The summed E-state index contributed by atoms with van der Waals surface area (Å²) in [6.07, 6.45) is 1.72. The Morgan fingerprint density at radius 3 is 2.83 bits per heavy atom. The van der Waals surface area contributed by atoms with Gasteiger partial charge in [0.25, 0.3) is 0 Å². The van der Waals surface area contributed by atoms with Crippen LogP contribution in [0.4, 0.5) is 0 Å². The van der Waals surface area contributed by atoms with E-state index in [2.05, 4.69) is 24.0 Å². The van der Waals surface area contributed by atoms with Crippen molar-refractivity contribution in [3.05, 3.63) is 46.3 Å². The molecule has 0 spiro atoms. The van der Waals surface area contributed by atoms with E-state index in [1.807, 2.05) is 24.3 Å². The summed E-state index contributed by atoms with van der Waals surface area (Å²) in [7, 11) is 0. The zero-order valence-corrected chi connectivity index (χ0v) is 14.6. The Morgan fingerprint density at radius 1 is 1.30 bits per heavy atom. The molecule has 122 valence electrons. The quantitative estimate of drug-likeness (QED) is 0.865. The summed E-state index contributed by atoms with van der Waals surface area (Å²) in [6.45, 7) is 3.62. The number of aliphatic carboxylic acids is 1. The number of rotatable bonds is 4. The molecule has 1 N–H and O–H groups in total. The molecule has 1 fully saturated rings. The van der Waals surface area contributed by atoms with Crippen molar-refractivity contribution >= 4 is 28.9 Å². The maximum atomic E-state index is 11.2. The monoisotopic (exact) mass is 349 g/mol. The van der Waals surface area contributed by atoms with Gasteiger partial charge >= 0.3 is 5.97 Å². The minimum absolute atomic E-state index is 0.241. The number of hydrogen-bond acceptors (Lipinski definition) is 3. The van der Waals surface area contributed by atoms with Gasteiger partial charge in [0, 0.05) is 39.5 Å². The largest absolute Gasteiger partial charge is 0.481 e. The van der Waals surface area contributed by atoms with Crippen molar-refractivity contribution in [2.75, 3.05) is 6.54 Å². The molecule has 2 heterocycles. The number of halogens is 1. The predicted octanol–water partition coefficient (Wildman–Crippen LogP) is 4.75. The van der Waals surface area contributed by atoms with Crippen molar-refractivity contribution in [1.29, 1.82) is 0 Å². The Balaban J connectivity index is 1.73. The van der Waals surface area contributed by atoms with Crippen molar-refractivity contribution in [1.82, 2.24) is 4.90 Å². The first-order chi connectivity index (χ1) is 11.0. The van der Waals surface area contributed by atoms with E-state index in [1.165, 1.54) is 4.88 Å². The van der Waals surface area contributed by atoms with Crippen LogP contribution >= 0.6 is 22.9 Å². The molecule has 1 saturated heterocycles. The summed E-state index contributed by atoms with van der Waals surface area (Å²) >= 11 is 8.00. The van der Waals surface area contributed by atoms with Gasteiger partial charge in [0.2, 0.25) is 0 Å². The van der Waals surface area contributed by atoms with Crippen LogP contribution in [0.2, 0.25) is 5.02 Å². The van der Waals surface area contributed by atoms with Crippen LogP contribution in [0, 0.1) is 5.92 Å². The third-order valence-electron chi connectivity index (χ3n) is 4.52. The van der Waals surface area contributed by atoms with Crippen LogP contribution in [0.3, 0.4) is 0 Å². The molecule has 5 heteroatoms.